The number of alkyl halides is 6. The third-order valence-corrected chi connectivity index (χ3v) is 3.66. The zero-order chi connectivity index (χ0) is 20.6. The van der Waals surface area contributed by atoms with Crippen LogP contribution in [0.3, 0.4) is 0 Å². The van der Waals surface area contributed by atoms with E-state index in [0.717, 1.165) is 12.1 Å². The van der Waals surface area contributed by atoms with Crippen molar-refractivity contribution in [2.75, 3.05) is 6.61 Å². The molecule has 0 unspecified atom stereocenters. The van der Waals surface area contributed by atoms with Crippen LogP contribution < -0.4 is 10.1 Å². The SMILES string of the molecule is O=C(NCc1cccc(C2(C(F)(F)F)N=N2)c1)c1ccc(OCC(F)(F)F)o1. The van der Waals surface area contributed by atoms with Crippen LogP contribution in [0.25, 0.3) is 0 Å². The molecule has 1 N–H and O–H groups in total. The lowest BCUT2D eigenvalue weighted by atomic mass is 10.0. The van der Waals surface area contributed by atoms with E-state index < -0.39 is 36.5 Å². The van der Waals surface area contributed by atoms with Gasteiger partial charge in [0.2, 0.25) is 0 Å². The quantitative estimate of drug-likeness (QED) is 0.725. The number of furan rings is 1. The first-order valence-corrected chi connectivity index (χ1v) is 7.68. The molecular formula is C16H11F6N3O3. The van der Waals surface area contributed by atoms with Crippen molar-refractivity contribution in [1.29, 1.82) is 0 Å². The van der Waals surface area contributed by atoms with Gasteiger partial charge in [-0.05, 0) is 17.7 Å². The molecule has 1 aliphatic rings. The van der Waals surface area contributed by atoms with Gasteiger partial charge in [-0.3, -0.25) is 4.79 Å². The minimum Gasteiger partial charge on any atom is -0.455 e. The molecule has 6 nitrogen and oxygen atoms in total. The highest BCUT2D eigenvalue weighted by atomic mass is 19.4. The Morgan fingerprint density at radius 3 is 2.43 bits per heavy atom. The van der Waals surface area contributed by atoms with Gasteiger partial charge >= 0.3 is 18.0 Å². The number of nitrogens with one attached hydrogen (secondary N) is 1. The molecule has 0 saturated heterocycles. The number of benzene rings is 1. The third-order valence-electron chi connectivity index (χ3n) is 3.66. The van der Waals surface area contributed by atoms with E-state index in [4.69, 9.17) is 4.42 Å². The van der Waals surface area contributed by atoms with Gasteiger partial charge in [-0.1, -0.05) is 18.2 Å². The summed E-state index contributed by atoms with van der Waals surface area (Å²) in [5, 5.41) is 8.59. The standard InChI is InChI=1S/C16H11F6N3O3/c17-14(18,19)8-27-12-5-4-11(28-12)13(26)23-7-9-2-1-3-10(6-9)15(24-25-15)16(20,21)22/h1-6H,7-8H2,(H,23,26). The summed E-state index contributed by atoms with van der Waals surface area (Å²) >= 11 is 0. The fourth-order valence-electron chi connectivity index (χ4n) is 2.28. The molecule has 3 rings (SSSR count). The molecule has 1 amide bonds. The van der Waals surface area contributed by atoms with Crippen molar-refractivity contribution in [3.05, 3.63) is 53.3 Å². The lowest BCUT2D eigenvalue weighted by Crippen LogP contribution is -2.30. The fraction of sp³-hybridized carbons (Fsp3) is 0.312. The molecule has 0 bridgehead atoms. The monoisotopic (exact) mass is 407 g/mol. The van der Waals surface area contributed by atoms with Crippen molar-refractivity contribution < 1.29 is 40.3 Å². The molecule has 2 aromatic rings. The van der Waals surface area contributed by atoms with Crippen LogP contribution in [0, 0.1) is 0 Å². The maximum atomic E-state index is 13.0. The Morgan fingerprint density at radius 2 is 1.82 bits per heavy atom. The number of carbonyl (C=O) groups is 1. The molecule has 1 aromatic carbocycles. The summed E-state index contributed by atoms with van der Waals surface area (Å²) < 4.78 is 84.6. The summed E-state index contributed by atoms with van der Waals surface area (Å²) in [5.41, 5.74) is -2.42. The zero-order valence-electron chi connectivity index (χ0n) is 13.8. The predicted octanol–water partition coefficient (Wildman–Crippen LogP) is 4.33. The number of carbonyl (C=O) groups excluding carboxylic acids is 1. The van der Waals surface area contributed by atoms with Crippen molar-refractivity contribution in [1.82, 2.24) is 5.32 Å². The smallest absolute Gasteiger partial charge is 0.442 e. The van der Waals surface area contributed by atoms with Gasteiger partial charge in [-0.15, -0.1) is 10.2 Å². The molecule has 0 saturated carbocycles. The summed E-state index contributed by atoms with van der Waals surface area (Å²) in [5.74, 6) is -1.58. The Bertz CT molecular complexity index is 898. The van der Waals surface area contributed by atoms with Crippen molar-refractivity contribution in [2.24, 2.45) is 10.2 Å². The van der Waals surface area contributed by atoms with E-state index in [1.807, 2.05) is 0 Å². The first-order chi connectivity index (χ1) is 13.0. The number of amides is 1. The van der Waals surface area contributed by atoms with Crippen molar-refractivity contribution in [2.45, 2.75) is 24.6 Å². The van der Waals surface area contributed by atoms with Crippen LogP contribution in [0.5, 0.6) is 5.95 Å². The number of rotatable bonds is 6. The first kappa shape index (κ1) is 19.7. The number of halogens is 6. The number of hydrogen-bond donors (Lipinski definition) is 1. The molecule has 150 valence electrons. The van der Waals surface area contributed by atoms with Crippen LogP contribution in [0.2, 0.25) is 0 Å². The second-order valence-electron chi connectivity index (χ2n) is 5.78. The minimum atomic E-state index is -4.67. The number of ether oxygens (including phenoxy) is 1. The summed E-state index contributed by atoms with van der Waals surface area (Å²) in [7, 11) is 0. The van der Waals surface area contributed by atoms with Crippen LogP contribution in [-0.4, -0.2) is 24.9 Å². The van der Waals surface area contributed by atoms with Gasteiger partial charge in [-0.25, -0.2) is 0 Å². The average Bonchev–Trinajstić information content (AvgIpc) is 3.30. The molecule has 0 aliphatic carbocycles. The number of hydrogen-bond acceptors (Lipinski definition) is 5. The summed E-state index contributed by atoms with van der Waals surface area (Å²) in [6, 6.07) is 7.42. The van der Waals surface area contributed by atoms with E-state index in [0.29, 0.717) is 5.56 Å². The minimum absolute atomic E-state index is 0.153. The normalized spacial score (nSPS) is 15.4. The summed E-state index contributed by atoms with van der Waals surface area (Å²) in [6.45, 7) is -1.73. The van der Waals surface area contributed by atoms with E-state index in [-0.39, 0.29) is 17.9 Å². The molecule has 2 heterocycles. The molecule has 0 radical (unpaired) electrons. The molecule has 12 heteroatoms. The van der Waals surface area contributed by atoms with Crippen LogP contribution >= 0.6 is 0 Å². The Labute approximate surface area is 153 Å². The Morgan fingerprint density at radius 1 is 1.11 bits per heavy atom. The van der Waals surface area contributed by atoms with E-state index >= 15 is 0 Å². The Balaban J connectivity index is 1.60. The van der Waals surface area contributed by atoms with E-state index in [2.05, 4.69) is 20.3 Å². The van der Waals surface area contributed by atoms with Gasteiger partial charge in [0.1, 0.15) is 0 Å². The molecule has 28 heavy (non-hydrogen) atoms. The zero-order valence-corrected chi connectivity index (χ0v) is 13.8. The topological polar surface area (TPSA) is 76.2 Å². The Hall–Kier alpha value is -3.05. The van der Waals surface area contributed by atoms with Gasteiger partial charge in [0, 0.05) is 18.2 Å². The van der Waals surface area contributed by atoms with Gasteiger partial charge in [0.05, 0.1) is 0 Å². The van der Waals surface area contributed by atoms with Crippen molar-refractivity contribution in [3.63, 3.8) is 0 Å². The highest BCUT2D eigenvalue weighted by molar-refractivity contribution is 5.91. The maximum Gasteiger partial charge on any atom is 0.442 e. The lowest BCUT2D eigenvalue weighted by Gasteiger charge is -2.15. The first-order valence-electron chi connectivity index (χ1n) is 7.68. The maximum absolute atomic E-state index is 13.0. The average molecular weight is 407 g/mol. The van der Waals surface area contributed by atoms with Gasteiger partial charge in [0.15, 0.2) is 12.4 Å². The third kappa shape index (κ3) is 4.26. The van der Waals surface area contributed by atoms with Crippen LogP contribution in [0.1, 0.15) is 21.7 Å². The van der Waals surface area contributed by atoms with Gasteiger partial charge in [-0.2, -0.15) is 26.3 Å². The second-order valence-corrected chi connectivity index (χ2v) is 5.78. The summed E-state index contributed by atoms with van der Waals surface area (Å²) in [4.78, 5) is 12.0. The molecule has 1 aliphatic heterocycles. The highest BCUT2D eigenvalue weighted by Crippen LogP contribution is 2.52. The van der Waals surface area contributed by atoms with Crippen LogP contribution in [0.4, 0.5) is 26.3 Å². The van der Waals surface area contributed by atoms with Crippen LogP contribution in [0.15, 0.2) is 51.0 Å². The molecule has 1 aromatic heterocycles. The molecule has 0 spiro atoms. The largest absolute Gasteiger partial charge is 0.455 e. The van der Waals surface area contributed by atoms with Crippen molar-refractivity contribution in [3.8, 4) is 5.95 Å². The summed E-state index contributed by atoms with van der Waals surface area (Å²) in [6.07, 6.45) is -9.23. The predicted molar refractivity (Wildman–Crippen MR) is 80.5 cm³/mol. The molecular weight excluding hydrogens is 396 g/mol. The van der Waals surface area contributed by atoms with E-state index in [1.54, 1.807) is 0 Å². The molecule has 0 atom stereocenters. The van der Waals surface area contributed by atoms with Gasteiger partial charge in [0.25, 0.3) is 11.9 Å². The van der Waals surface area contributed by atoms with Crippen LogP contribution in [-0.2, 0) is 12.2 Å². The van der Waals surface area contributed by atoms with Gasteiger partial charge < -0.3 is 14.5 Å². The van der Waals surface area contributed by atoms with Crippen molar-refractivity contribution >= 4 is 5.91 Å². The molecule has 0 fully saturated rings. The highest BCUT2D eigenvalue weighted by Gasteiger charge is 2.65. The lowest BCUT2D eigenvalue weighted by molar-refractivity contribution is -0.166. The van der Waals surface area contributed by atoms with E-state index in [9.17, 15) is 31.1 Å². The van der Waals surface area contributed by atoms with E-state index in [1.165, 1.54) is 24.3 Å². The second kappa shape index (κ2) is 6.84. The fourth-order valence-corrected chi connectivity index (χ4v) is 2.28. The number of nitrogens with zero attached hydrogens (tertiary/aromatic N) is 2. The Kier molecular flexibility index (Phi) is 4.81.